The molecule has 1 aliphatic carbocycles. The lowest BCUT2D eigenvalue weighted by Gasteiger charge is -2.21. The summed E-state index contributed by atoms with van der Waals surface area (Å²) in [4.78, 5) is 0. The highest BCUT2D eigenvalue weighted by atomic mass is 16.5. The third-order valence-corrected chi connectivity index (χ3v) is 3.09. The van der Waals surface area contributed by atoms with Crippen molar-refractivity contribution in [3.8, 4) is 11.5 Å². The van der Waals surface area contributed by atoms with Gasteiger partial charge >= 0.3 is 0 Å². The molecular formula is C14H18O2. The summed E-state index contributed by atoms with van der Waals surface area (Å²) in [7, 11) is 3.43. The first-order valence-electron chi connectivity index (χ1n) is 5.74. The first-order chi connectivity index (χ1) is 7.86. The molecule has 0 aliphatic heterocycles. The van der Waals surface area contributed by atoms with Gasteiger partial charge in [-0.3, -0.25) is 0 Å². The van der Waals surface area contributed by atoms with Gasteiger partial charge < -0.3 is 9.47 Å². The van der Waals surface area contributed by atoms with Crippen LogP contribution in [0.5, 0.6) is 11.5 Å². The fourth-order valence-corrected chi connectivity index (χ4v) is 2.30. The minimum atomic E-state index is 0.430. The van der Waals surface area contributed by atoms with Crippen molar-refractivity contribution in [2.24, 2.45) is 0 Å². The average Bonchev–Trinajstić information content (AvgIpc) is 2.38. The van der Waals surface area contributed by atoms with Crippen molar-refractivity contribution in [3.05, 3.63) is 35.9 Å². The molecule has 86 valence electrons. The zero-order valence-electron chi connectivity index (χ0n) is 9.90. The Morgan fingerprint density at radius 2 is 1.81 bits per heavy atom. The second-order valence-corrected chi connectivity index (χ2v) is 4.04. The van der Waals surface area contributed by atoms with Crippen LogP contribution < -0.4 is 9.47 Å². The van der Waals surface area contributed by atoms with Gasteiger partial charge in [-0.1, -0.05) is 18.2 Å². The number of rotatable bonds is 3. The van der Waals surface area contributed by atoms with Gasteiger partial charge in [0.1, 0.15) is 11.5 Å². The molecule has 0 spiro atoms. The van der Waals surface area contributed by atoms with E-state index in [1.165, 1.54) is 24.8 Å². The van der Waals surface area contributed by atoms with Gasteiger partial charge in [-0.15, -0.1) is 0 Å². The molecule has 0 amide bonds. The number of benzene rings is 1. The van der Waals surface area contributed by atoms with E-state index in [1.807, 2.05) is 18.2 Å². The molecule has 1 aromatic rings. The van der Waals surface area contributed by atoms with Crippen LogP contribution in [0.25, 0.3) is 0 Å². The lowest BCUT2D eigenvalue weighted by molar-refractivity contribution is 0.380. The summed E-state index contributed by atoms with van der Waals surface area (Å²) in [5.41, 5.74) is 1.18. The van der Waals surface area contributed by atoms with Crippen LogP contribution in [0, 0.1) is 0 Å². The maximum Gasteiger partial charge on any atom is 0.126 e. The molecule has 0 fully saturated rings. The quantitative estimate of drug-likeness (QED) is 0.722. The molecule has 0 bridgehead atoms. The van der Waals surface area contributed by atoms with E-state index < -0.39 is 0 Å². The fraction of sp³-hybridized carbons (Fsp3) is 0.429. The van der Waals surface area contributed by atoms with Crippen molar-refractivity contribution in [1.29, 1.82) is 0 Å². The lowest BCUT2D eigenvalue weighted by atomic mass is 9.88. The molecule has 1 atom stereocenters. The molecule has 1 unspecified atom stereocenters. The Morgan fingerprint density at radius 3 is 2.31 bits per heavy atom. The molecule has 2 nitrogen and oxygen atoms in total. The molecule has 2 rings (SSSR count). The number of ether oxygens (including phenoxy) is 2. The Labute approximate surface area is 96.9 Å². The lowest BCUT2D eigenvalue weighted by Crippen LogP contribution is -2.04. The minimum absolute atomic E-state index is 0.430. The summed E-state index contributed by atoms with van der Waals surface area (Å²) in [6.45, 7) is 0. The first kappa shape index (κ1) is 11.1. The maximum atomic E-state index is 5.43. The van der Waals surface area contributed by atoms with Gasteiger partial charge in [-0.25, -0.2) is 0 Å². The van der Waals surface area contributed by atoms with Gasteiger partial charge in [0.25, 0.3) is 0 Å². The van der Waals surface area contributed by atoms with E-state index in [-0.39, 0.29) is 0 Å². The Balaban J connectivity index is 2.42. The number of hydrogen-bond acceptors (Lipinski definition) is 2. The summed E-state index contributed by atoms with van der Waals surface area (Å²) in [5.74, 6) is 2.28. The summed E-state index contributed by atoms with van der Waals surface area (Å²) in [5, 5.41) is 0. The van der Waals surface area contributed by atoms with Crippen LogP contribution in [0.2, 0.25) is 0 Å². The number of allylic oxidation sites excluding steroid dienone is 2. The molecule has 0 aromatic heterocycles. The fourth-order valence-electron chi connectivity index (χ4n) is 2.30. The first-order valence-corrected chi connectivity index (χ1v) is 5.74. The van der Waals surface area contributed by atoms with Crippen LogP contribution in [0.15, 0.2) is 30.4 Å². The zero-order chi connectivity index (χ0) is 11.4. The Bertz CT molecular complexity index is 360. The average molecular weight is 218 g/mol. The van der Waals surface area contributed by atoms with Crippen LogP contribution in [-0.4, -0.2) is 14.2 Å². The SMILES string of the molecule is COc1cccc(OC)c1C1C=CCCC1. The minimum Gasteiger partial charge on any atom is -0.496 e. The van der Waals surface area contributed by atoms with E-state index in [1.54, 1.807) is 14.2 Å². The second-order valence-electron chi connectivity index (χ2n) is 4.04. The third kappa shape index (κ3) is 2.06. The Morgan fingerprint density at radius 1 is 1.12 bits per heavy atom. The molecule has 0 N–H and O–H groups in total. The molecule has 0 heterocycles. The van der Waals surface area contributed by atoms with E-state index in [4.69, 9.17) is 9.47 Å². The summed E-state index contributed by atoms with van der Waals surface area (Å²) in [6, 6.07) is 5.97. The smallest absolute Gasteiger partial charge is 0.126 e. The highest BCUT2D eigenvalue weighted by molar-refractivity contribution is 5.49. The van der Waals surface area contributed by atoms with Gasteiger partial charge in [0.15, 0.2) is 0 Å². The zero-order valence-corrected chi connectivity index (χ0v) is 9.90. The molecule has 0 saturated heterocycles. The molecular weight excluding hydrogens is 200 g/mol. The number of hydrogen-bond donors (Lipinski definition) is 0. The van der Waals surface area contributed by atoms with Gasteiger partial charge in [0.05, 0.1) is 14.2 Å². The molecule has 16 heavy (non-hydrogen) atoms. The number of methoxy groups -OCH3 is 2. The van der Waals surface area contributed by atoms with Crippen molar-refractivity contribution in [2.75, 3.05) is 14.2 Å². The predicted octanol–water partition coefficient (Wildman–Crippen LogP) is 3.53. The predicted molar refractivity (Wildman–Crippen MR) is 65.3 cm³/mol. The van der Waals surface area contributed by atoms with Crippen LogP contribution in [-0.2, 0) is 0 Å². The Kier molecular flexibility index (Phi) is 3.50. The van der Waals surface area contributed by atoms with Crippen molar-refractivity contribution < 1.29 is 9.47 Å². The van der Waals surface area contributed by atoms with Crippen molar-refractivity contribution in [3.63, 3.8) is 0 Å². The highest BCUT2D eigenvalue weighted by Crippen LogP contribution is 2.39. The van der Waals surface area contributed by atoms with Crippen LogP contribution >= 0.6 is 0 Å². The van der Waals surface area contributed by atoms with Crippen molar-refractivity contribution in [1.82, 2.24) is 0 Å². The van der Waals surface area contributed by atoms with Crippen LogP contribution in [0.1, 0.15) is 30.7 Å². The summed E-state index contributed by atoms with van der Waals surface area (Å²) < 4.78 is 10.9. The second kappa shape index (κ2) is 5.06. The van der Waals surface area contributed by atoms with E-state index in [2.05, 4.69) is 12.2 Å². The maximum absolute atomic E-state index is 5.43. The normalized spacial score (nSPS) is 19.5. The molecule has 0 saturated carbocycles. The molecule has 2 heteroatoms. The third-order valence-electron chi connectivity index (χ3n) is 3.09. The topological polar surface area (TPSA) is 18.5 Å². The Hall–Kier alpha value is -1.44. The largest absolute Gasteiger partial charge is 0.496 e. The highest BCUT2D eigenvalue weighted by Gasteiger charge is 2.19. The summed E-state index contributed by atoms with van der Waals surface area (Å²) >= 11 is 0. The van der Waals surface area contributed by atoms with E-state index in [0.29, 0.717) is 5.92 Å². The molecule has 1 aliphatic rings. The summed E-state index contributed by atoms with van der Waals surface area (Å²) in [6.07, 6.45) is 8.12. The van der Waals surface area contributed by atoms with E-state index in [0.717, 1.165) is 11.5 Å². The van der Waals surface area contributed by atoms with Gasteiger partial charge in [0, 0.05) is 11.5 Å². The van der Waals surface area contributed by atoms with E-state index >= 15 is 0 Å². The standard InChI is InChI=1S/C14H18O2/c1-15-12-9-6-10-13(16-2)14(12)11-7-4-3-5-8-11/h4,6-7,9-11H,3,5,8H2,1-2H3. The monoisotopic (exact) mass is 218 g/mol. The van der Waals surface area contributed by atoms with Gasteiger partial charge in [-0.05, 0) is 31.4 Å². The van der Waals surface area contributed by atoms with Crippen LogP contribution in [0.4, 0.5) is 0 Å². The van der Waals surface area contributed by atoms with Gasteiger partial charge in [-0.2, -0.15) is 0 Å². The van der Waals surface area contributed by atoms with Crippen molar-refractivity contribution >= 4 is 0 Å². The van der Waals surface area contributed by atoms with Crippen molar-refractivity contribution in [2.45, 2.75) is 25.2 Å². The molecule has 1 aromatic carbocycles. The van der Waals surface area contributed by atoms with Gasteiger partial charge in [0.2, 0.25) is 0 Å². The van der Waals surface area contributed by atoms with E-state index in [9.17, 15) is 0 Å². The molecule has 0 radical (unpaired) electrons. The van der Waals surface area contributed by atoms with Crippen LogP contribution in [0.3, 0.4) is 0 Å².